The fourth-order valence-electron chi connectivity index (χ4n) is 2.45. The van der Waals surface area contributed by atoms with Crippen LogP contribution in [0.4, 0.5) is 8.78 Å². The van der Waals surface area contributed by atoms with Gasteiger partial charge in [-0.2, -0.15) is 0 Å². The second kappa shape index (κ2) is 7.50. The summed E-state index contributed by atoms with van der Waals surface area (Å²) in [6.07, 6.45) is 0.258. The summed E-state index contributed by atoms with van der Waals surface area (Å²) in [6, 6.07) is 11.2. The third kappa shape index (κ3) is 4.07. The number of halogens is 2. The van der Waals surface area contributed by atoms with Gasteiger partial charge in [-0.15, -0.1) is 0 Å². The lowest BCUT2D eigenvalue weighted by molar-refractivity contribution is 0.0198. The van der Waals surface area contributed by atoms with Gasteiger partial charge in [0, 0.05) is 6.07 Å². The van der Waals surface area contributed by atoms with Crippen LogP contribution in [0.2, 0.25) is 0 Å². The Labute approximate surface area is 142 Å². The summed E-state index contributed by atoms with van der Waals surface area (Å²) in [5.74, 6) is -2.18. The predicted molar refractivity (Wildman–Crippen MR) is 88.0 cm³/mol. The van der Waals surface area contributed by atoms with E-state index in [1.54, 1.807) is 0 Å². The minimum absolute atomic E-state index is 0.0250. The molecule has 3 rings (SSSR count). The summed E-state index contributed by atoms with van der Waals surface area (Å²) in [5.41, 5.74) is 0.484. The van der Waals surface area contributed by atoms with Crippen LogP contribution in [0.3, 0.4) is 0 Å². The molecule has 25 heavy (non-hydrogen) atoms. The van der Waals surface area contributed by atoms with Gasteiger partial charge in [-0.25, -0.2) is 13.8 Å². The molecule has 130 valence electrons. The molecule has 0 spiro atoms. The van der Waals surface area contributed by atoms with E-state index < -0.39 is 23.3 Å². The maximum absolute atomic E-state index is 13.3. The van der Waals surface area contributed by atoms with Crippen LogP contribution in [0, 0.1) is 11.6 Å². The lowest BCUT2D eigenvalue weighted by atomic mass is 10.2. The fraction of sp³-hybridized carbons (Fsp3) is 0.222. The van der Waals surface area contributed by atoms with Crippen LogP contribution in [0.25, 0.3) is 10.9 Å². The molecule has 0 radical (unpaired) electrons. The first-order chi connectivity index (χ1) is 12.0. The third-order valence-corrected chi connectivity index (χ3v) is 3.70. The molecule has 1 aromatic heterocycles. The molecular formula is C18H16F2N2O3. The van der Waals surface area contributed by atoms with Gasteiger partial charge in [-0.1, -0.05) is 30.3 Å². The summed E-state index contributed by atoms with van der Waals surface area (Å²) in [4.78, 5) is 16.2. The van der Waals surface area contributed by atoms with Crippen molar-refractivity contribution >= 4 is 10.9 Å². The molecular weight excluding hydrogens is 330 g/mol. The molecule has 0 aliphatic rings. The van der Waals surface area contributed by atoms with E-state index in [0.717, 1.165) is 22.3 Å². The van der Waals surface area contributed by atoms with Crippen LogP contribution in [0.1, 0.15) is 5.56 Å². The van der Waals surface area contributed by atoms with E-state index in [0.29, 0.717) is 6.61 Å². The second-order valence-corrected chi connectivity index (χ2v) is 5.64. The van der Waals surface area contributed by atoms with Gasteiger partial charge in [-0.05, 0) is 11.6 Å². The molecule has 0 fully saturated rings. The van der Waals surface area contributed by atoms with E-state index in [2.05, 4.69) is 4.98 Å². The molecule has 0 amide bonds. The summed E-state index contributed by atoms with van der Waals surface area (Å²) in [7, 11) is 0. The molecule has 1 heterocycles. The smallest absolute Gasteiger partial charge is 0.261 e. The molecule has 2 aromatic carbocycles. The highest BCUT2D eigenvalue weighted by Crippen LogP contribution is 2.13. The first kappa shape index (κ1) is 17.2. The zero-order chi connectivity index (χ0) is 17.8. The number of aliphatic hydroxyl groups is 1. The van der Waals surface area contributed by atoms with Gasteiger partial charge in [0.2, 0.25) is 0 Å². The molecule has 0 bridgehead atoms. The quantitative estimate of drug-likeness (QED) is 0.744. The van der Waals surface area contributed by atoms with Crippen molar-refractivity contribution in [3.63, 3.8) is 0 Å². The number of rotatable bonds is 6. The summed E-state index contributed by atoms with van der Waals surface area (Å²) >= 11 is 0. The Hall–Kier alpha value is -2.64. The van der Waals surface area contributed by atoms with E-state index >= 15 is 0 Å². The van der Waals surface area contributed by atoms with Gasteiger partial charge in [0.05, 0.1) is 43.1 Å². The lowest BCUT2D eigenvalue weighted by Gasteiger charge is -2.13. The Bertz CT molecular complexity index is 929. The average Bonchev–Trinajstić information content (AvgIpc) is 2.60. The Morgan fingerprint density at radius 1 is 1.16 bits per heavy atom. The predicted octanol–water partition coefficient (Wildman–Crippen LogP) is 2.25. The minimum atomic E-state index is -1.11. The van der Waals surface area contributed by atoms with Crippen molar-refractivity contribution in [3.05, 3.63) is 76.3 Å². The van der Waals surface area contributed by atoms with E-state index in [4.69, 9.17) is 4.74 Å². The van der Waals surface area contributed by atoms with Crippen molar-refractivity contribution in [1.82, 2.24) is 9.55 Å². The molecule has 1 atom stereocenters. The molecule has 0 aliphatic carbocycles. The Kier molecular flexibility index (Phi) is 5.16. The van der Waals surface area contributed by atoms with Crippen LogP contribution in [-0.2, 0) is 17.9 Å². The molecule has 7 heteroatoms. The van der Waals surface area contributed by atoms with Crippen molar-refractivity contribution < 1.29 is 18.6 Å². The maximum Gasteiger partial charge on any atom is 0.261 e. The van der Waals surface area contributed by atoms with Gasteiger partial charge in [0.15, 0.2) is 11.6 Å². The Balaban J connectivity index is 1.67. The highest BCUT2D eigenvalue weighted by Gasteiger charge is 2.12. The molecule has 1 unspecified atom stereocenters. The Morgan fingerprint density at radius 2 is 1.88 bits per heavy atom. The first-order valence-electron chi connectivity index (χ1n) is 7.68. The number of benzene rings is 2. The molecule has 3 aromatic rings. The molecule has 1 N–H and O–H groups in total. The lowest BCUT2D eigenvalue weighted by Crippen LogP contribution is -2.29. The number of fused-ring (bicyclic) bond motifs is 1. The SMILES string of the molecule is O=c1c2cc(F)c(F)cc2ncn1CC(O)COCc1ccccc1. The zero-order valence-electron chi connectivity index (χ0n) is 13.2. The van der Waals surface area contributed by atoms with E-state index in [1.807, 2.05) is 30.3 Å². The summed E-state index contributed by atoms with van der Waals surface area (Å²) in [6.45, 7) is 0.306. The molecule has 0 saturated heterocycles. The van der Waals surface area contributed by atoms with E-state index in [1.165, 1.54) is 6.33 Å². The first-order valence-corrected chi connectivity index (χ1v) is 7.68. The van der Waals surface area contributed by atoms with Crippen molar-refractivity contribution in [2.75, 3.05) is 6.61 Å². The summed E-state index contributed by atoms with van der Waals surface area (Å²) < 4.78 is 33.1. The number of hydrogen-bond donors (Lipinski definition) is 1. The third-order valence-electron chi connectivity index (χ3n) is 3.70. The van der Waals surface area contributed by atoms with Gasteiger partial charge < -0.3 is 9.84 Å². The highest BCUT2D eigenvalue weighted by molar-refractivity contribution is 5.77. The van der Waals surface area contributed by atoms with E-state index in [-0.39, 0.29) is 24.1 Å². The maximum atomic E-state index is 13.3. The average molecular weight is 346 g/mol. The topological polar surface area (TPSA) is 64.4 Å². The van der Waals surface area contributed by atoms with Gasteiger partial charge >= 0.3 is 0 Å². The molecule has 5 nitrogen and oxygen atoms in total. The number of aliphatic hydroxyl groups excluding tert-OH is 1. The van der Waals surface area contributed by atoms with Crippen LogP contribution >= 0.6 is 0 Å². The highest BCUT2D eigenvalue weighted by atomic mass is 19.2. The number of aromatic nitrogens is 2. The largest absolute Gasteiger partial charge is 0.389 e. The monoisotopic (exact) mass is 346 g/mol. The van der Waals surface area contributed by atoms with Crippen molar-refractivity contribution in [2.45, 2.75) is 19.3 Å². The second-order valence-electron chi connectivity index (χ2n) is 5.64. The van der Waals surface area contributed by atoms with Crippen LogP contribution in [-0.4, -0.2) is 27.4 Å². The fourth-order valence-corrected chi connectivity index (χ4v) is 2.45. The summed E-state index contributed by atoms with van der Waals surface area (Å²) in [5, 5.41) is 9.99. The van der Waals surface area contributed by atoms with E-state index in [9.17, 15) is 18.7 Å². The normalized spacial score (nSPS) is 12.4. The van der Waals surface area contributed by atoms with Gasteiger partial charge in [0.1, 0.15) is 0 Å². The zero-order valence-corrected chi connectivity index (χ0v) is 13.2. The minimum Gasteiger partial charge on any atom is -0.389 e. The number of ether oxygens (including phenoxy) is 1. The van der Waals surface area contributed by atoms with Crippen molar-refractivity contribution in [2.24, 2.45) is 0 Å². The van der Waals surface area contributed by atoms with Crippen molar-refractivity contribution in [1.29, 1.82) is 0 Å². The van der Waals surface area contributed by atoms with Crippen LogP contribution in [0.15, 0.2) is 53.6 Å². The molecule has 0 aliphatic heterocycles. The number of nitrogens with zero attached hydrogens (tertiary/aromatic N) is 2. The standard InChI is InChI=1S/C18H16F2N2O3/c19-15-6-14-17(7-16(15)20)21-11-22(18(14)24)8-13(23)10-25-9-12-4-2-1-3-5-12/h1-7,11,13,23H,8-10H2. The van der Waals surface area contributed by atoms with Gasteiger partial charge in [0.25, 0.3) is 5.56 Å². The Morgan fingerprint density at radius 3 is 2.64 bits per heavy atom. The van der Waals surface area contributed by atoms with Gasteiger partial charge in [-0.3, -0.25) is 9.36 Å². The number of hydrogen-bond acceptors (Lipinski definition) is 4. The van der Waals surface area contributed by atoms with Crippen molar-refractivity contribution in [3.8, 4) is 0 Å². The van der Waals surface area contributed by atoms with Crippen LogP contribution < -0.4 is 5.56 Å². The molecule has 0 saturated carbocycles. The van der Waals surface area contributed by atoms with Crippen LogP contribution in [0.5, 0.6) is 0 Å².